The number of amides is 1. The molecule has 5 heteroatoms. The van der Waals surface area contributed by atoms with Gasteiger partial charge in [0.05, 0.1) is 11.4 Å². The van der Waals surface area contributed by atoms with Gasteiger partial charge in [-0.25, -0.2) is 4.68 Å². The molecule has 1 amide bonds. The molecule has 0 fully saturated rings. The summed E-state index contributed by atoms with van der Waals surface area (Å²) in [4.78, 5) is 14.7. The summed E-state index contributed by atoms with van der Waals surface area (Å²) in [7, 11) is 0. The maximum atomic E-state index is 12.4. The number of nitrogens with zero attached hydrogens (tertiary/aromatic N) is 3. The average Bonchev–Trinajstić information content (AvgIpc) is 3.21. The van der Waals surface area contributed by atoms with Gasteiger partial charge in [-0.2, -0.15) is 5.10 Å². The van der Waals surface area contributed by atoms with E-state index in [2.05, 4.69) is 55.3 Å². The van der Waals surface area contributed by atoms with E-state index in [9.17, 15) is 4.79 Å². The molecule has 0 aliphatic carbocycles. The highest BCUT2D eigenvalue weighted by molar-refractivity contribution is 5.76. The van der Waals surface area contributed by atoms with Crippen LogP contribution in [0.1, 0.15) is 31.4 Å². The highest BCUT2D eigenvalue weighted by Crippen LogP contribution is 2.25. The predicted molar refractivity (Wildman–Crippen MR) is 123 cm³/mol. The lowest BCUT2D eigenvalue weighted by molar-refractivity contribution is -0.121. The van der Waals surface area contributed by atoms with Crippen LogP contribution in [-0.2, 0) is 11.2 Å². The molecule has 1 aromatic heterocycles. The molecule has 0 radical (unpaired) electrons. The minimum Gasteiger partial charge on any atom is -0.355 e. The van der Waals surface area contributed by atoms with Crippen LogP contribution in [-0.4, -0.2) is 46.8 Å². The van der Waals surface area contributed by atoms with Crippen molar-refractivity contribution < 1.29 is 4.79 Å². The minimum absolute atomic E-state index is 0.0875. The highest BCUT2D eigenvalue weighted by atomic mass is 16.1. The van der Waals surface area contributed by atoms with Crippen molar-refractivity contribution in [1.29, 1.82) is 0 Å². The van der Waals surface area contributed by atoms with Gasteiger partial charge in [-0.15, -0.1) is 0 Å². The Morgan fingerprint density at radius 3 is 2.40 bits per heavy atom. The zero-order valence-electron chi connectivity index (χ0n) is 18.3. The summed E-state index contributed by atoms with van der Waals surface area (Å²) in [5, 5.41) is 7.89. The first-order valence-electron chi connectivity index (χ1n) is 10.8. The van der Waals surface area contributed by atoms with Crippen molar-refractivity contribution in [3.63, 3.8) is 0 Å². The van der Waals surface area contributed by atoms with Crippen LogP contribution in [0.3, 0.4) is 0 Å². The number of carbonyl (C=O) groups excluding carboxylic acids is 1. The van der Waals surface area contributed by atoms with E-state index < -0.39 is 0 Å². The maximum Gasteiger partial charge on any atom is 0.220 e. The summed E-state index contributed by atoms with van der Waals surface area (Å²) in [5.41, 5.74) is 5.33. The van der Waals surface area contributed by atoms with Crippen molar-refractivity contribution in [2.45, 2.75) is 33.6 Å². The fourth-order valence-electron chi connectivity index (χ4n) is 3.49. The third kappa shape index (κ3) is 5.80. The Hall–Kier alpha value is -2.92. The maximum absolute atomic E-state index is 12.4. The Morgan fingerprint density at radius 1 is 1.03 bits per heavy atom. The topological polar surface area (TPSA) is 50.2 Å². The number of carbonyl (C=O) groups is 1. The van der Waals surface area contributed by atoms with E-state index >= 15 is 0 Å². The molecule has 0 aliphatic rings. The summed E-state index contributed by atoms with van der Waals surface area (Å²) in [6, 6.07) is 18.5. The number of likely N-dealkylation sites (N-methyl/N-ethyl adjacent to an activating group) is 1. The highest BCUT2D eigenvalue weighted by Gasteiger charge is 2.14. The number of para-hydroxylation sites is 1. The Kier molecular flexibility index (Phi) is 7.80. The lowest BCUT2D eigenvalue weighted by Gasteiger charge is -2.17. The zero-order valence-corrected chi connectivity index (χ0v) is 18.3. The zero-order chi connectivity index (χ0) is 21.3. The first-order chi connectivity index (χ1) is 14.6. The molecule has 1 N–H and O–H groups in total. The Balaban J connectivity index is 1.72. The molecule has 158 valence electrons. The molecule has 0 bridgehead atoms. The van der Waals surface area contributed by atoms with Gasteiger partial charge in [0.25, 0.3) is 0 Å². The van der Waals surface area contributed by atoms with Gasteiger partial charge in [0.15, 0.2) is 0 Å². The lowest BCUT2D eigenvalue weighted by Crippen LogP contribution is -2.34. The second-order valence-electron chi connectivity index (χ2n) is 7.53. The standard InChI is InChI=1S/C25H32N4O/c1-4-28(5-2)18-17-26-24(30)16-15-22-19-29(23-9-7-6-8-10-23)27-25(22)21-13-11-20(3)12-14-21/h6-14,19H,4-5,15-18H2,1-3H3,(H,26,30). The normalized spacial score (nSPS) is 11.1. The molecule has 0 saturated heterocycles. The fraction of sp³-hybridized carbons (Fsp3) is 0.360. The van der Waals surface area contributed by atoms with Crippen LogP contribution in [0.2, 0.25) is 0 Å². The van der Waals surface area contributed by atoms with Gasteiger partial charge in [0, 0.05) is 31.3 Å². The number of benzene rings is 2. The van der Waals surface area contributed by atoms with Crippen LogP contribution in [0.25, 0.3) is 16.9 Å². The SMILES string of the molecule is CCN(CC)CCNC(=O)CCc1cn(-c2ccccc2)nc1-c1ccc(C)cc1. The molecule has 0 unspecified atom stereocenters. The van der Waals surface area contributed by atoms with E-state index in [1.165, 1.54) is 5.56 Å². The van der Waals surface area contributed by atoms with E-state index in [0.29, 0.717) is 19.4 Å². The van der Waals surface area contributed by atoms with Gasteiger partial charge in [-0.3, -0.25) is 4.79 Å². The van der Waals surface area contributed by atoms with Crippen molar-refractivity contribution in [1.82, 2.24) is 20.0 Å². The van der Waals surface area contributed by atoms with Crippen LogP contribution in [0.4, 0.5) is 0 Å². The monoisotopic (exact) mass is 404 g/mol. The van der Waals surface area contributed by atoms with Crippen molar-refractivity contribution >= 4 is 5.91 Å². The molecule has 0 atom stereocenters. The summed E-state index contributed by atoms with van der Waals surface area (Å²) < 4.78 is 1.91. The Morgan fingerprint density at radius 2 is 1.73 bits per heavy atom. The molecule has 3 rings (SSSR count). The molecule has 0 saturated carbocycles. The average molecular weight is 405 g/mol. The van der Waals surface area contributed by atoms with Crippen LogP contribution < -0.4 is 5.32 Å². The second kappa shape index (κ2) is 10.7. The number of nitrogens with one attached hydrogen (secondary N) is 1. The fourth-order valence-corrected chi connectivity index (χ4v) is 3.49. The van der Waals surface area contributed by atoms with E-state index in [0.717, 1.165) is 42.1 Å². The molecule has 1 heterocycles. The van der Waals surface area contributed by atoms with Gasteiger partial charge < -0.3 is 10.2 Å². The molecule has 2 aromatic carbocycles. The number of aromatic nitrogens is 2. The summed E-state index contributed by atoms with van der Waals surface area (Å²) in [6.45, 7) is 9.95. The predicted octanol–water partition coefficient (Wildman–Crippen LogP) is 4.24. The van der Waals surface area contributed by atoms with E-state index in [1.807, 2.05) is 41.2 Å². The van der Waals surface area contributed by atoms with Crippen molar-refractivity contribution in [3.05, 3.63) is 71.9 Å². The number of aryl methyl sites for hydroxylation is 2. The molecular weight excluding hydrogens is 372 g/mol. The van der Waals surface area contributed by atoms with Gasteiger partial charge in [-0.05, 0) is 44.1 Å². The van der Waals surface area contributed by atoms with Gasteiger partial charge in [0.2, 0.25) is 5.91 Å². The smallest absolute Gasteiger partial charge is 0.220 e. The molecule has 30 heavy (non-hydrogen) atoms. The lowest BCUT2D eigenvalue weighted by atomic mass is 10.0. The van der Waals surface area contributed by atoms with Crippen LogP contribution in [0.5, 0.6) is 0 Å². The largest absolute Gasteiger partial charge is 0.355 e. The first kappa shape index (κ1) is 21.8. The van der Waals surface area contributed by atoms with Crippen LogP contribution in [0.15, 0.2) is 60.8 Å². The quantitative estimate of drug-likeness (QED) is 0.550. The molecule has 3 aromatic rings. The van der Waals surface area contributed by atoms with Crippen molar-refractivity contribution in [2.75, 3.05) is 26.2 Å². The minimum atomic E-state index is 0.0875. The van der Waals surface area contributed by atoms with Gasteiger partial charge in [-0.1, -0.05) is 61.9 Å². The van der Waals surface area contributed by atoms with Crippen molar-refractivity contribution in [3.8, 4) is 16.9 Å². The Bertz CT molecular complexity index is 928. The van der Waals surface area contributed by atoms with Crippen LogP contribution in [0, 0.1) is 6.92 Å². The molecule has 0 spiro atoms. The summed E-state index contributed by atoms with van der Waals surface area (Å²) in [5.74, 6) is 0.0875. The summed E-state index contributed by atoms with van der Waals surface area (Å²) >= 11 is 0. The van der Waals surface area contributed by atoms with Gasteiger partial charge >= 0.3 is 0 Å². The van der Waals surface area contributed by atoms with Gasteiger partial charge in [0.1, 0.15) is 0 Å². The molecule has 5 nitrogen and oxygen atoms in total. The first-order valence-corrected chi connectivity index (χ1v) is 10.8. The number of hydrogen-bond donors (Lipinski definition) is 1. The van der Waals surface area contributed by atoms with E-state index in [4.69, 9.17) is 5.10 Å². The third-order valence-corrected chi connectivity index (χ3v) is 5.40. The third-order valence-electron chi connectivity index (χ3n) is 5.40. The molecular formula is C25H32N4O. The van der Waals surface area contributed by atoms with E-state index in [-0.39, 0.29) is 5.91 Å². The second-order valence-corrected chi connectivity index (χ2v) is 7.53. The number of hydrogen-bond acceptors (Lipinski definition) is 3. The van der Waals surface area contributed by atoms with E-state index in [1.54, 1.807) is 0 Å². The molecule has 0 aliphatic heterocycles. The van der Waals surface area contributed by atoms with Crippen molar-refractivity contribution in [2.24, 2.45) is 0 Å². The number of rotatable bonds is 10. The Labute approximate surface area is 179 Å². The van der Waals surface area contributed by atoms with Crippen LogP contribution >= 0.6 is 0 Å². The summed E-state index contributed by atoms with van der Waals surface area (Å²) in [6.07, 6.45) is 3.17.